The molecule has 0 saturated carbocycles. The summed E-state index contributed by atoms with van der Waals surface area (Å²) in [5.74, 6) is -0.199. The number of carbonyl (C=O) groups excluding carboxylic acids is 1. The topological polar surface area (TPSA) is 55.1 Å². The van der Waals surface area contributed by atoms with Gasteiger partial charge in [-0.15, -0.1) is 0 Å². The summed E-state index contributed by atoms with van der Waals surface area (Å²) < 4.78 is 0. The van der Waals surface area contributed by atoms with E-state index in [0.29, 0.717) is 16.3 Å². The molecule has 0 radical (unpaired) electrons. The summed E-state index contributed by atoms with van der Waals surface area (Å²) >= 11 is 5.90. The lowest BCUT2D eigenvalue weighted by atomic mass is 10.0. The molecule has 0 heterocycles. The van der Waals surface area contributed by atoms with Gasteiger partial charge in [0.05, 0.1) is 5.56 Å². The van der Waals surface area contributed by atoms with E-state index in [0.717, 1.165) is 5.56 Å². The second kappa shape index (κ2) is 4.34. The van der Waals surface area contributed by atoms with Crippen molar-refractivity contribution in [1.82, 2.24) is 5.32 Å². The Bertz CT molecular complexity index is 422. The lowest BCUT2D eigenvalue weighted by Gasteiger charge is -2.21. The number of carbonyl (C=O) groups is 1. The van der Waals surface area contributed by atoms with Gasteiger partial charge in [-0.2, -0.15) is 0 Å². The van der Waals surface area contributed by atoms with E-state index in [2.05, 4.69) is 5.32 Å². The van der Waals surface area contributed by atoms with Gasteiger partial charge in [0.2, 0.25) is 0 Å². The maximum Gasteiger partial charge on any atom is 0.253 e. The van der Waals surface area contributed by atoms with Crippen LogP contribution in [0.5, 0.6) is 0 Å². The first kappa shape index (κ1) is 12.8. The summed E-state index contributed by atoms with van der Waals surface area (Å²) in [6, 6.07) is 3.33. The molecule has 16 heavy (non-hydrogen) atoms. The van der Waals surface area contributed by atoms with Gasteiger partial charge < -0.3 is 11.1 Å². The number of nitrogen functional groups attached to an aromatic ring is 1. The van der Waals surface area contributed by atoms with Gasteiger partial charge in [0.1, 0.15) is 0 Å². The van der Waals surface area contributed by atoms with Crippen molar-refractivity contribution in [3.05, 3.63) is 28.3 Å². The molecule has 0 atom stereocenters. The van der Waals surface area contributed by atoms with Gasteiger partial charge in [-0.3, -0.25) is 4.79 Å². The average molecular weight is 241 g/mol. The number of anilines is 1. The van der Waals surface area contributed by atoms with Crippen LogP contribution in [0.3, 0.4) is 0 Å². The molecule has 4 heteroatoms. The van der Waals surface area contributed by atoms with Gasteiger partial charge in [0, 0.05) is 16.2 Å². The van der Waals surface area contributed by atoms with E-state index < -0.39 is 0 Å². The summed E-state index contributed by atoms with van der Waals surface area (Å²) in [6.07, 6.45) is 0. The third-order valence-electron chi connectivity index (χ3n) is 2.08. The van der Waals surface area contributed by atoms with Crippen molar-refractivity contribution in [1.29, 1.82) is 0 Å². The highest BCUT2D eigenvalue weighted by atomic mass is 35.5. The second-order valence-electron chi connectivity index (χ2n) is 4.89. The molecule has 3 nitrogen and oxygen atoms in total. The molecule has 0 aliphatic carbocycles. The number of nitrogens with one attached hydrogen (secondary N) is 1. The summed E-state index contributed by atoms with van der Waals surface area (Å²) in [7, 11) is 0. The Morgan fingerprint density at radius 1 is 1.38 bits per heavy atom. The quantitative estimate of drug-likeness (QED) is 0.742. The predicted octanol–water partition coefficient (Wildman–Crippen LogP) is 2.76. The number of hydrogen-bond donors (Lipinski definition) is 2. The van der Waals surface area contributed by atoms with Crippen LogP contribution in [0.1, 0.15) is 36.7 Å². The van der Waals surface area contributed by atoms with E-state index in [4.69, 9.17) is 17.3 Å². The number of rotatable bonds is 1. The van der Waals surface area contributed by atoms with Crippen molar-refractivity contribution >= 4 is 23.2 Å². The van der Waals surface area contributed by atoms with Crippen LogP contribution in [-0.4, -0.2) is 11.4 Å². The Kier molecular flexibility index (Phi) is 3.48. The van der Waals surface area contributed by atoms with Crippen molar-refractivity contribution in [2.45, 2.75) is 33.2 Å². The Morgan fingerprint density at radius 3 is 2.44 bits per heavy atom. The SMILES string of the molecule is Cc1cc(Cl)cc(C(=O)NC(C)(C)C)c1N. The van der Waals surface area contributed by atoms with Crippen LogP contribution in [0.4, 0.5) is 5.69 Å². The van der Waals surface area contributed by atoms with Crippen LogP contribution in [0, 0.1) is 6.92 Å². The fourth-order valence-corrected chi connectivity index (χ4v) is 1.62. The van der Waals surface area contributed by atoms with Gasteiger partial charge in [-0.05, 0) is 45.4 Å². The van der Waals surface area contributed by atoms with Gasteiger partial charge in [-0.1, -0.05) is 11.6 Å². The molecule has 1 amide bonds. The molecular formula is C12H17ClN2O. The van der Waals surface area contributed by atoms with E-state index >= 15 is 0 Å². The summed E-state index contributed by atoms with van der Waals surface area (Å²) in [4.78, 5) is 11.9. The number of aryl methyl sites for hydroxylation is 1. The molecule has 0 fully saturated rings. The van der Waals surface area contributed by atoms with Crippen LogP contribution in [0.2, 0.25) is 5.02 Å². The molecule has 88 valence electrons. The van der Waals surface area contributed by atoms with E-state index in [1.54, 1.807) is 12.1 Å². The number of halogens is 1. The lowest BCUT2D eigenvalue weighted by molar-refractivity contribution is 0.0920. The highest BCUT2D eigenvalue weighted by Gasteiger charge is 2.18. The second-order valence-corrected chi connectivity index (χ2v) is 5.32. The van der Waals surface area contributed by atoms with Crippen molar-refractivity contribution in [3.63, 3.8) is 0 Å². The zero-order valence-corrected chi connectivity index (χ0v) is 10.8. The third-order valence-corrected chi connectivity index (χ3v) is 2.30. The molecule has 1 aromatic rings. The van der Waals surface area contributed by atoms with Gasteiger partial charge in [-0.25, -0.2) is 0 Å². The first-order chi connectivity index (χ1) is 7.20. The van der Waals surface area contributed by atoms with Gasteiger partial charge in [0.15, 0.2) is 0 Å². The van der Waals surface area contributed by atoms with Crippen molar-refractivity contribution < 1.29 is 4.79 Å². The zero-order valence-electron chi connectivity index (χ0n) is 10.0. The van der Waals surface area contributed by atoms with Crippen LogP contribution < -0.4 is 11.1 Å². The molecule has 0 aromatic heterocycles. The number of amides is 1. The maximum absolute atomic E-state index is 11.9. The summed E-state index contributed by atoms with van der Waals surface area (Å²) in [5.41, 5.74) is 7.28. The molecule has 1 aromatic carbocycles. The minimum absolute atomic E-state index is 0.199. The van der Waals surface area contributed by atoms with Crippen molar-refractivity contribution in [2.24, 2.45) is 0 Å². The smallest absolute Gasteiger partial charge is 0.253 e. The van der Waals surface area contributed by atoms with Crippen molar-refractivity contribution in [2.75, 3.05) is 5.73 Å². The Morgan fingerprint density at radius 2 is 1.94 bits per heavy atom. The van der Waals surface area contributed by atoms with E-state index in [1.807, 2.05) is 27.7 Å². The minimum atomic E-state index is -0.292. The molecule has 0 saturated heterocycles. The van der Waals surface area contributed by atoms with E-state index in [9.17, 15) is 4.79 Å². The van der Waals surface area contributed by atoms with Crippen LogP contribution >= 0.6 is 11.6 Å². The molecular weight excluding hydrogens is 224 g/mol. The zero-order chi connectivity index (χ0) is 12.5. The standard InChI is InChI=1S/C12H17ClN2O/c1-7-5-8(13)6-9(10(7)14)11(16)15-12(2,3)4/h5-6H,14H2,1-4H3,(H,15,16). The maximum atomic E-state index is 11.9. The predicted molar refractivity (Wildman–Crippen MR) is 67.8 cm³/mol. The first-order valence-electron chi connectivity index (χ1n) is 5.09. The third kappa shape index (κ3) is 3.14. The Balaban J connectivity index is 3.09. The van der Waals surface area contributed by atoms with Crippen LogP contribution in [0.25, 0.3) is 0 Å². The van der Waals surface area contributed by atoms with E-state index in [-0.39, 0.29) is 11.4 Å². The number of nitrogens with two attached hydrogens (primary N) is 1. The molecule has 0 aliphatic heterocycles. The summed E-state index contributed by atoms with van der Waals surface area (Å²) in [6.45, 7) is 7.57. The van der Waals surface area contributed by atoms with Crippen molar-refractivity contribution in [3.8, 4) is 0 Å². The number of benzene rings is 1. The molecule has 3 N–H and O–H groups in total. The molecule has 0 aliphatic rings. The van der Waals surface area contributed by atoms with Crippen LogP contribution in [-0.2, 0) is 0 Å². The van der Waals surface area contributed by atoms with E-state index in [1.165, 1.54) is 0 Å². The molecule has 0 unspecified atom stereocenters. The molecule has 0 spiro atoms. The minimum Gasteiger partial charge on any atom is -0.398 e. The Hall–Kier alpha value is -1.22. The normalized spacial score (nSPS) is 11.3. The fraction of sp³-hybridized carbons (Fsp3) is 0.417. The van der Waals surface area contributed by atoms with Gasteiger partial charge >= 0.3 is 0 Å². The highest BCUT2D eigenvalue weighted by Crippen LogP contribution is 2.23. The summed E-state index contributed by atoms with van der Waals surface area (Å²) in [5, 5.41) is 3.37. The first-order valence-corrected chi connectivity index (χ1v) is 5.46. The average Bonchev–Trinajstić information content (AvgIpc) is 2.08. The Labute approximate surface area is 101 Å². The monoisotopic (exact) mass is 240 g/mol. The van der Waals surface area contributed by atoms with Crippen LogP contribution in [0.15, 0.2) is 12.1 Å². The fourth-order valence-electron chi connectivity index (χ4n) is 1.35. The highest BCUT2D eigenvalue weighted by molar-refractivity contribution is 6.31. The van der Waals surface area contributed by atoms with Gasteiger partial charge in [0.25, 0.3) is 5.91 Å². The number of hydrogen-bond acceptors (Lipinski definition) is 2. The lowest BCUT2D eigenvalue weighted by Crippen LogP contribution is -2.40. The molecule has 1 rings (SSSR count). The molecule has 0 bridgehead atoms. The largest absolute Gasteiger partial charge is 0.398 e.